The number of hydrogen-bond donors (Lipinski definition) is 1. The summed E-state index contributed by atoms with van der Waals surface area (Å²) in [4.78, 5) is 13.3. The zero-order valence-electron chi connectivity index (χ0n) is 18.7. The minimum absolute atomic E-state index is 0.141. The van der Waals surface area contributed by atoms with E-state index in [0.29, 0.717) is 17.2 Å². The number of fused-ring (bicyclic) bond motifs is 1. The van der Waals surface area contributed by atoms with E-state index >= 15 is 0 Å². The monoisotopic (exact) mass is 466 g/mol. The van der Waals surface area contributed by atoms with Crippen LogP contribution in [0, 0.1) is 6.92 Å². The SMILES string of the molecule is COc1ccccc1C(C)NC(=O)C1CN(S(=O)(=O)c2ccccc2)c2cc(C)ccc2O1. The maximum absolute atomic E-state index is 13.5. The van der Waals surface area contributed by atoms with Gasteiger partial charge in [0.1, 0.15) is 11.5 Å². The van der Waals surface area contributed by atoms with E-state index in [1.807, 2.05) is 44.2 Å². The Kier molecular flexibility index (Phi) is 6.29. The summed E-state index contributed by atoms with van der Waals surface area (Å²) >= 11 is 0. The van der Waals surface area contributed by atoms with Crippen LogP contribution in [0.5, 0.6) is 11.5 Å². The molecule has 1 aliphatic heterocycles. The maximum Gasteiger partial charge on any atom is 0.264 e. The van der Waals surface area contributed by atoms with Gasteiger partial charge in [-0.05, 0) is 49.7 Å². The number of anilines is 1. The first kappa shape index (κ1) is 22.7. The van der Waals surface area contributed by atoms with Crippen molar-refractivity contribution in [3.05, 3.63) is 83.9 Å². The minimum Gasteiger partial charge on any atom is -0.496 e. The largest absolute Gasteiger partial charge is 0.496 e. The number of aryl methyl sites for hydroxylation is 1. The van der Waals surface area contributed by atoms with Crippen molar-refractivity contribution < 1.29 is 22.7 Å². The lowest BCUT2D eigenvalue weighted by atomic mass is 10.1. The maximum atomic E-state index is 13.5. The molecule has 1 heterocycles. The average molecular weight is 467 g/mol. The fourth-order valence-corrected chi connectivity index (χ4v) is 5.34. The van der Waals surface area contributed by atoms with Gasteiger partial charge in [0.05, 0.1) is 30.3 Å². The first-order valence-electron chi connectivity index (χ1n) is 10.6. The molecule has 3 aromatic carbocycles. The number of methoxy groups -OCH3 is 1. The molecule has 2 unspecified atom stereocenters. The van der Waals surface area contributed by atoms with Gasteiger partial charge in [-0.3, -0.25) is 9.10 Å². The molecule has 7 nitrogen and oxygen atoms in total. The Balaban J connectivity index is 1.64. The van der Waals surface area contributed by atoms with Crippen molar-refractivity contribution in [2.24, 2.45) is 0 Å². The van der Waals surface area contributed by atoms with Crippen LogP contribution in [-0.4, -0.2) is 34.1 Å². The van der Waals surface area contributed by atoms with E-state index in [0.717, 1.165) is 11.1 Å². The molecule has 1 aliphatic rings. The molecule has 33 heavy (non-hydrogen) atoms. The molecule has 8 heteroatoms. The lowest BCUT2D eigenvalue weighted by Gasteiger charge is -2.35. The number of ether oxygens (including phenoxy) is 2. The van der Waals surface area contributed by atoms with Gasteiger partial charge in [0.15, 0.2) is 6.10 Å². The number of sulfonamides is 1. The molecule has 0 bridgehead atoms. The molecule has 0 spiro atoms. The second kappa shape index (κ2) is 9.15. The van der Waals surface area contributed by atoms with Crippen molar-refractivity contribution >= 4 is 21.6 Å². The first-order chi connectivity index (χ1) is 15.8. The fourth-order valence-electron chi connectivity index (χ4n) is 3.85. The van der Waals surface area contributed by atoms with Gasteiger partial charge in [-0.15, -0.1) is 0 Å². The van der Waals surface area contributed by atoms with E-state index in [4.69, 9.17) is 9.47 Å². The molecule has 2 atom stereocenters. The molecule has 4 rings (SSSR count). The highest BCUT2D eigenvalue weighted by molar-refractivity contribution is 7.92. The predicted octanol–water partition coefficient (Wildman–Crippen LogP) is 3.84. The highest BCUT2D eigenvalue weighted by Gasteiger charge is 2.38. The number of para-hydroxylation sites is 1. The molecule has 0 saturated heterocycles. The predicted molar refractivity (Wildman–Crippen MR) is 126 cm³/mol. The highest BCUT2D eigenvalue weighted by atomic mass is 32.2. The molecular weight excluding hydrogens is 440 g/mol. The summed E-state index contributed by atoms with van der Waals surface area (Å²) in [5.74, 6) is 0.591. The summed E-state index contributed by atoms with van der Waals surface area (Å²) in [6.45, 7) is 3.58. The molecule has 1 amide bonds. The van der Waals surface area contributed by atoms with Crippen molar-refractivity contribution in [1.82, 2.24) is 5.32 Å². The molecule has 0 aromatic heterocycles. The van der Waals surface area contributed by atoms with Gasteiger partial charge in [-0.25, -0.2) is 8.42 Å². The van der Waals surface area contributed by atoms with Crippen LogP contribution in [0.15, 0.2) is 77.7 Å². The molecule has 0 fully saturated rings. The van der Waals surface area contributed by atoms with Crippen LogP contribution < -0.4 is 19.1 Å². The summed E-state index contributed by atoms with van der Waals surface area (Å²) in [7, 11) is -2.32. The smallest absolute Gasteiger partial charge is 0.264 e. The number of hydrogen-bond acceptors (Lipinski definition) is 5. The molecule has 0 radical (unpaired) electrons. The zero-order valence-corrected chi connectivity index (χ0v) is 19.5. The van der Waals surface area contributed by atoms with Crippen LogP contribution in [0.25, 0.3) is 0 Å². The van der Waals surface area contributed by atoms with Gasteiger partial charge in [-0.1, -0.05) is 42.5 Å². The van der Waals surface area contributed by atoms with Crippen LogP contribution in [0.4, 0.5) is 5.69 Å². The number of rotatable bonds is 6. The van der Waals surface area contributed by atoms with Crippen LogP contribution >= 0.6 is 0 Å². The highest BCUT2D eigenvalue weighted by Crippen LogP contribution is 2.38. The van der Waals surface area contributed by atoms with Gasteiger partial charge < -0.3 is 14.8 Å². The lowest BCUT2D eigenvalue weighted by molar-refractivity contribution is -0.128. The van der Waals surface area contributed by atoms with Crippen LogP contribution in [0.3, 0.4) is 0 Å². The second-order valence-electron chi connectivity index (χ2n) is 7.90. The Morgan fingerprint density at radius 2 is 1.79 bits per heavy atom. The van der Waals surface area contributed by atoms with Crippen molar-refractivity contribution in [2.75, 3.05) is 18.0 Å². The van der Waals surface area contributed by atoms with E-state index in [-0.39, 0.29) is 17.5 Å². The fraction of sp³-hybridized carbons (Fsp3) is 0.240. The van der Waals surface area contributed by atoms with E-state index in [1.165, 1.54) is 4.31 Å². The van der Waals surface area contributed by atoms with Crippen LogP contribution in [-0.2, 0) is 14.8 Å². The van der Waals surface area contributed by atoms with Crippen molar-refractivity contribution in [3.8, 4) is 11.5 Å². The Hall–Kier alpha value is -3.52. The Morgan fingerprint density at radius 3 is 2.52 bits per heavy atom. The minimum atomic E-state index is -3.90. The molecule has 1 N–H and O–H groups in total. The lowest BCUT2D eigenvalue weighted by Crippen LogP contribution is -2.51. The molecule has 172 valence electrons. The van der Waals surface area contributed by atoms with Crippen LogP contribution in [0.1, 0.15) is 24.1 Å². The van der Waals surface area contributed by atoms with Gasteiger partial charge in [0, 0.05) is 5.56 Å². The van der Waals surface area contributed by atoms with Crippen molar-refractivity contribution in [1.29, 1.82) is 0 Å². The Bertz CT molecular complexity index is 1260. The Labute approximate surface area is 194 Å². The van der Waals surface area contributed by atoms with Gasteiger partial charge >= 0.3 is 0 Å². The number of amides is 1. The Morgan fingerprint density at radius 1 is 1.09 bits per heavy atom. The van der Waals surface area contributed by atoms with Crippen molar-refractivity contribution in [2.45, 2.75) is 30.9 Å². The van der Waals surface area contributed by atoms with E-state index in [9.17, 15) is 13.2 Å². The summed E-state index contributed by atoms with van der Waals surface area (Å²) in [5.41, 5.74) is 2.12. The van der Waals surface area contributed by atoms with E-state index < -0.39 is 22.0 Å². The van der Waals surface area contributed by atoms with E-state index in [1.54, 1.807) is 49.6 Å². The number of nitrogens with zero attached hydrogens (tertiary/aromatic N) is 1. The number of carbonyl (C=O) groups excluding carboxylic acids is 1. The average Bonchev–Trinajstić information content (AvgIpc) is 2.83. The topological polar surface area (TPSA) is 84.9 Å². The zero-order chi connectivity index (χ0) is 23.6. The third kappa shape index (κ3) is 4.52. The summed E-state index contributed by atoms with van der Waals surface area (Å²) < 4.78 is 39.6. The molecule has 3 aromatic rings. The third-order valence-electron chi connectivity index (χ3n) is 5.57. The third-order valence-corrected chi connectivity index (χ3v) is 7.37. The van der Waals surface area contributed by atoms with E-state index in [2.05, 4.69) is 5.32 Å². The molecular formula is C25H26N2O5S. The molecule has 0 aliphatic carbocycles. The van der Waals surface area contributed by atoms with Crippen molar-refractivity contribution in [3.63, 3.8) is 0 Å². The van der Waals surface area contributed by atoms with Gasteiger partial charge in [-0.2, -0.15) is 0 Å². The summed E-state index contributed by atoms with van der Waals surface area (Å²) in [6.07, 6.45) is -1.02. The molecule has 0 saturated carbocycles. The van der Waals surface area contributed by atoms with Gasteiger partial charge in [0.25, 0.3) is 15.9 Å². The number of benzene rings is 3. The van der Waals surface area contributed by atoms with Gasteiger partial charge in [0.2, 0.25) is 0 Å². The van der Waals surface area contributed by atoms with Crippen LogP contribution in [0.2, 0.25) is 0 Å². The number of carbonyl (C=O) groups is 1. The number of nitrogens with one attached hydrogen (secondary N) is 1. The standard InChI is InChI=1S/C25H26N2O5S/c1-17-13-14-23-21(15-17)27(33(29,30)19-9-5-4-6-10-19)16-24(32-23)25(28)26-18(2)20-11-7-8-12-22(20)31-3/h4-15,18,24H,16H2,1-3H3,(H,26,28). The quantitative estimate of drug-likeness (QED) is 0.597. The first-order valence-corrected chi connectivity index (χ1v) is 12.0. The second-order valence-corrected chi connectivity index (χ2v) is 9.76. The normalized spacial score (nSPS) is 16.3. The summed E-state index contributed by atoms with van der Waals surface area (Å²) in [6, 6.07) is 20.5. The summed E-state index contributed by atoms with van der Waals surface area (Å²) in [5, 5.41) is 2.93.